The van der Waals surface area contributed by atoms with Gasteiger partial charge in [-0.3, -0.25) is 9.59 Å². The number of aliphatic hydroxyl groups is 2. The SMILES string of the molecule is [B]C([B])(c1ccccc1CNc1cccc2c1CN(C(C(=O)NC)C([B])(O)C([B])(O)C=O)C2=O)N1CCOCC1. The molecule has 0 bridgehead atoms. The Morgan fingerprint density at radius 3 is 2.42 bits per heavy atom. The lowest BCUT2D eigenvalue weighted by Gasteiger charge is -2.44. The van der Waals surface area contributed by atoms with Crippen LogP contribution in [0.3, 0.4) is 0 Å². The van der Waals surface area contributed by atoms with Crippen molar-refractivity contribution in [2.24, 2.45) is 0 Å². The fourth-order valence-corrected chi connectivity index (χ4v) is 5.12. The lowest BCUT2D eigenvalue weighted by Crippen LogP contribution is -2.71. The standard InChI is InChI=1S/C26H28B4N4O6/c1-31-22(36)21(25(28,39)24(27,38)15-35)34-14-18-17(23(34)37)6-4-8-20(18)32-13-16-5-2-3-7-19(16)26(29,30)33-9-11-40-12-10-33/h2-8,15,21,32,38-39H,9-14H2,1H3,(H,31,36). The van der Waals surface area contributed by atoms with Crippen molar-refractivity contribution < 1.29 is 29.3 Å². The van der Waals surface area contributed by atoms with Crippen LogP contribution in [0.4, 0.5) is 5.69 Å². The first-order valence-corrected chi connectivity index (χ1v) is 12.7. The Hall–Kier alpha value is -3.05. The number of rotatable bonds is 10. The summed E-state index contributed by atoms with van der Waals surface area (Å²) in [6.07, 6.45) is -0.188. The molecule has 10 nitrogen and oxygen atoms in total. The van der Waals surface area contributed by atoms with Crippen molar-refractivity contribution in [1.82, 2.24) is 15.1 Å². The van der Waals surface area contributed by atoms with Crippen molar-refractivity contribution in [3.63, 3.8) is 0 Å². The first kappa shape index (κ1) is 29.9. The summed E-state index contributed by atoms with van der Waals surface area (Å²) in [5, 5.41) is 25.5. The highest BCUT2D eigenvalue weighted by molar-refractivity contribution is 6.39. The van der Waals surface area contributed by atoms with Crippen LogP contribution < -0.4 is 10.6 Å². The molecule has 2 aromatic carbocycles. The Balaban J connectivity index is 1.62. The molecule has 0 aliphatic carbocycles. The minimum atomic E-state index is -3.03. The number of carbonyl (C=O) groups excluding carboxylic acids is 3. The molecule has 1 saturated heterocycles. The average molecular weight is 536 g/mol. The fraction of sp³-hybridized carbons (Fsp3) is 0.423. The number of nitrogens with one attached hydrogen (secondary N) is 2. The van der Waals surface area contributed by atoms with Crippen LogP contribution in [0.15, 0.2) is 42.5 Å². The van der Waals surface area contributed by atoms with E-state index in [1.54, 1.807) is 18.2 Å². The predicted molar refractivity (Wildman–Crippen MR) is 151 cm³/mol. The second-order valence-electron chi connectivity index (χ2n) is 9.99. The molecule has 4 N–H and O–H groups in total. The van der Waals surface area contributed by atoms with Crippen LogP contribution in [-0.2, 0) is 32.8 Å². The molecule has 2 aromatic rings. The van der Waals surface area contributed by atoms with Gasteiger partial charge in [-0.15, -0.1) is 0 Å². The molecule has 40 heavy (non-hydrogen) atoms. The summed E-state index contributed by atoms with van der Waals surface area (Å²) in [5.74, 6) is -1.57. The monoisotopic (exact) mass is 536 g/mol. The maximum Gasteiger partial charge on any atom is 0.255 e. The number of nitrogens with zero attached hydrogens (tertiary/aromatic N) is 2. The first-order valence-electron chi connectivity index (χ1n) is 12.7. The quantitative estimate of drug-likeness (QED) is 0.204. The van der Waals surface area contributed by atoms with E-state index in [2.05, 4.69) is 10.6 Å². The number of aldehydes is 1. The Morgan fingerprint density at radius 2 is 1.77 bits per heavy atom. The highest BCUT2D eigenvalue weighted by Crippen LogP contribution is 2.35. The molecule has 3 unspecified atom stereocenters. The minimum Gasteiger partial charge on any atom is -0.395 e. The van der Waals surface area contributed by atoms with Gasteiger partial charge in [-0.2, -0.15) is 0 Å². The number of ether oxygens (including phenoxy) is 1. The Bertz CT molecular complexity index is 1290. The Kier molecular flexibility index (Phi) is 8.56. The lowest BCUT2D eigenvalue weighted by molar-refractivity contribution is -0.146. The van der Waals surface area contributed by atoms with Gasteiger partial charge >= 0.3 is 0 Å². The van der Waals surface area contributed by atoms with Crippen LogP contribution in [0.2, 0.25) is 0 Å². The first-order chi connectivity index (χ1) is 18.9. The number of fused-ring (bicyclic) bond motifs is 1. The summed E-state index contributed by atoms with van der Waals surface area (Å²) < 4.78 is 5.43. The van der Waals surface area contributed by atoms with Gasteiger partial charge < -0.3 is 40.2 Å². The maximum atomic E-state index is 13.4. The van der Waals surface area contributed by atoms with Gasteiger partial charge in [-0.1, -0.05) is 30.3 Å². The smallest absolute Gasteiger partial charge is 0.255 e. The molecule has 2 aliphatic rings. The summed E-state index contributed by atoms with van der Waals surface area (Å²) in [7, 11) is 25.8. The third kappa shape index (κ3) is 5.33. The summed E-state index contributed by atoms with van der Waals surface area (Å²) in [6.45, 7) is 2.36. The number of hydrogen-bond acceptors (Lipinski definition) is 8. The topological polar surface area (TPSA) is 131 Å². The molecule has 14 heteroatoms. The maximum absolute atomic E-state index is 13.4. The zero-order valence-corrected chi connectivity index (χ0v) is 22.2. The molecule has 8 radical (unpaired) electrons. The van der Waals surface area contributed by atoms with E-state index in [4.69, 9.17) is 36.1 Å². The van der Waals surface area contributed by atoms with E-state index in [-0.39, 0.29) is 18.4 Å². The Morgan fingerprint density at radius 1 is 1.10 bits per heavy atom. The van der Waals surface area contributed by atoms with Crippen LogP contribution in [0, 0.1) is 0 Å². The third-order valence-corrected chi connectivity index (χ3v) is 7.49. The van der Waals surface area contributed by atoms with Crippen LogP contribution in [0.1, 0.15) is 27.0 Å². The molecule has 200 valence electrons. The van der Waals surface area contributed by atoms with E-state index in [0.717, 1.165) is 16.0 Å². The fourth-order valence-electron chi connectivity index (χ4n) is 5.12. The van der Waals surface area contributed by atoms with Gasteiger partial charge in [0.15, 0.2) is 0 Å². The molecule has 2 aliphatic heterocycles. The highest BCUT2D eigenvalue weighted by atomic mass is 16.5. The van der Waals surface area contributed by atoms with E-state index in [1.807, 2.05) is 29.2 Å². The van der Waals surface area contributed by atoms with Gasteiger partial charge in [0.2, 0.25) is 5.91 Å². The number of carbonyl (C=O) groups is 3. The summed E-state index contributed by atoms with van der Waals surface area (Å²) in [4.78, 5) is 40.5. The zero-order valence-electron chi connectivity index (χ0n) is 22.2. The minimum absolute atomic E-state index is 0.170. The van der Waals surface area contributed by atoms with Crippen molar-refractivity contribution in [2.75, 3.05) is 38.7 Å². The normalized spacial score (nSPS) is 19.7. The van der Waals surface area contributed by atoms with Crippen LogP contribution in [-0.4, -0.2) is 120 Å². The summed E-state index contributed by atoms with van der Waals surface area (Å²) in [5.41, 5.74) is -3.15. The molecule has 0 aromatic heterocycles. The van der Waals surface area contributed by atoms with Crippen molar-refractivity contribution in [1.29, 1.82) is 0 Å². The van der Waals surface area contributed by atoms with Gasteiger partial charge in [0.25, 0.3) is 5.91 Å². The van der Waals surface area contributed by atoms with E-state index in [0.29, 0.717) is 44.1 Å². The highest BCUT2D eigenvalue weighted by Gasteiger charge is 2.54. The largest absolute Gasteiger partial charge is 0.395 e. The van der Waals surface area contributed by atoms with Crippen molar-refractivity contribution >= 4 is 55.2 Å². The second-order valence-corrected chi connectivity index (χ2v) is 9.99. The lowest BCUT2D eigenvalue weighted by atomic mass is 9.55. The third-order valence-electron chi connectivity index (χ3n) is 7.49. The molecular formula is C26H28B4N4O6. The van der Waals surface area contributed by atoms with Crippen molar-refractivity contribution in [2.45, 2.75) is 35.5 Å². The predicted octanol–water partition coefficient (Wildman–Crippen LogP) is -1.94. The van der Waals surface area contributed by atoms with Gasteiger partial charge in [0.1, 0.15) is 28.0 Å². The van der Waals surface area contributed by atoms with Crippen LogP contribution in [0.5, 0.6) is 0 Å². The Labute approximate surface area is 238 Å². The number of hydrogen-bond donors (Lipinski definition) is 4. The number of morpholine rings is 1. The van der Waals surface area contributed by atoms with Crippen LogP contribution in [0.25, 0.3) is 0 Å². The molecule has 4 rings (SSSR count). The molecule has 1 fully saturated rings. The molecule has 2 amide bonds. The summed E-state index contributed by atoms with van der Waals surface area (Å²) in [6, 6.07) is 10.6. The zero-order chi connectivity index (χ0) is 29.3. The molecular weight excluding hydrogens is 508 g/mol. The van der Waals surface area contributed by atoms with Gasteiger partial charge in [-0.05, 0) is 28.6 Å². The molecule has 0 spiro atoms. The van der Waals surface area contributed by atoms with Crippen molar-refractivity contribution in [3.8, 4) is 0 Å². The van der Waals surface area contributed by atoms with Gasteiger partial charge in [0.05, 0.1) is 39.9 Å². The number of anilines is 1. The van der Waals surface area contributed by atoms with E-state index < -0.39 is 34.2 Å². The average Bonchev–Trinajstić information content (AvgIpc) is 3.28. The van der Waals surface area contributed by atoms with E-state index in [9.17, 15) is 24.6 Å². The number of benzene rings is 2. The number of amides is 2. The number of likely N-dealkylation sites (N-methyl/N-ethyl adjacent to an activating group) is 1. The molecule has 0 saturated carbocycles. The van der Waals surface area contributed by atoms with Gasteiger partial charge in [0, 0.05) is 50.0 Å². The molecule has 2 heterocycles. The van der Waals surface area contributed by atoms with Gasteiger partial charge in [-0.25, -0.2) is 0 Å². The van der Waals surface area contributed by atoms with Crippen molar-refractivity contribution in [3.05, 3.63) is 64.7 Å². The summed E-state index contributed by atoms with van der Waals surface area (Å²) >= 11 is 0. The second kappa shape index (κ2) is 11.4. The van der Waals surface area contributed by atoms with Crippen LogP contribution >= 0.6 is 0 Å². The van der Waals surface area contributed by atoms with E-state index >= 15 is 0 Å². The molecule has 3 atom stereocenters. The van der Waals surface area contributed by atoms with E-state index in [1.165, 1.54) is 7.05 Å².